The predicted octanol–water partition coefficient (Wildman–Crippen LogP) is 6.77. The number of carbonyl (C=O) groups excluding carboxylic acids is 1. The Kier molecular flexibility index (Phi) is 9.09. The van der Waals surface area contributed by atoms with Crippen LogP contribution >= 0.6 is 46.3 Å². The first-order chi connectivity index (χ1) is 17.9. The third-order valence-electron chi connectivity index (χ3n) is 5.08. The molecule has 1 unspecified atom stereocenters. The maximum absolute atomic E-state index is 12.6. The summed E-state index contributed by atoms with van der Waals surface area (Å²) in [5.74, 6) is 1.96. The fourth-order valence-electron chi connectivity index (χ4n) is 3.36. The molecular formula is C25H23Cl2N5O3S2. The lowest BCUT2D eigenvalue weighted by Gasteiger charge is -2.16. The van der Waals surface area contributed by atoms with Crippen molar-refractivity contribution in [3.05, 3.63) is 76.4 Å². The second-order valence-corrected chi connectivity index (χ2v) is 10.3. The molecule has 4 rings (SSSR count). The minimum Gasteiger partial charge on any atom is -0.497 e. The van der Waals surface area contributed by atoms with Crippen molar-refractivity contribution in [3.63, 3.8) is 0 Å². The number of thiazole rings is 1. The zero-order valence-electron chi connectivity index (χ0n) is 20.0. The van der Waals surface area contributed by atoms with Crippen LogP contribution in [-0.4, -0.2) is 38.5 Å². The van der Waals surface area contributed by atoms with Crippen LogP contribution in [0.25, 0.3) is 11.3 Å². The van der Waals surface area contributed by atoms with Crippen LogP contribution in [0.4, 0.5) is 5.13 Å². The Balaban J connectivity index is 1.38. The monoisotopic (exact) mass is 575 g/mol. The number of nitrogens with one attached hydrogen (secondary N) is 1. The maximum Gasteiger partial charge on any atom is 0.236 e. The van der Waals surface area contributed by atoms with Gasteiger partial charge in [-0.2, -0.15) is 0 Å². The molecule has 0 aliphatic heterocycles. The molecule has 0 spiro atoms. The first-order valence-corrected chi connectivity index (χ1v) is 13.7. The Morgan fingerprint density at radius 2 is 1.97 bits per heavy atom. The highest BCUT2D eigenvalue weighted by Gasteiger charge is 2.20. The standard InChI is InChI=1S/C25H23Cl2N5O3S2/c1-4-11-32-23(15(2)35-18-8-6-17(34-3)7-9-18)30-31-25(32)37-14-22(33)29-24-28-21(13-36-24)19-10-5-16(26)12-20(19)27/h4-10,12-13,15H,1,11,14H2,2-3H3,(H,28,29,33). The Bertz CT molecular complexity index is 1390. The molecule has 2 aromatic carbocycles. The molecule has 1 N–H and O–H groups in total. The number of hydrogen-bond donors (Lipinski definition) is 1. The van der Waals surface area contributed by atoms with Crippen LogP contribution in [0, 0.1) is 0 Å². The second kappa shape index (κ2) is 12.5. The molecular weight excluding hydrogens is 553 g/mol. The number of thioether (sulfide) groups is 1. The highest BCUT2D eigenvalue weighted by Crippen LogP contribution is 2.32. The van der Waals surface area contributed by atoms with Crippen molar-refractivity contribution in [3.8, 4) is 22.8 Å². The average Bonchev–Trinajstić information content (AvgIpc) is 3.50. The molecule has 192 valence electrons. The van der Waals surface area contributed by atoms with Crippen molar-refractivity contribution in [2.75, 3.05) is 18.2 Å². The molecule has 0 aliphatic rings. The number of amides is 1. The summed E-state index contributed by atoms with van der Waals surface area (Å²) in [6, 6.07) is 12.5. The topological polar surface area (TPSA) is 91.2 Å². The summed E-state index contributed by atoms with van der Waals surface area (Å²) in [5, 5.41) is 15.3. The van der Waals surface area contributed by atoms with Gasteiger partial charge >= 0.3 is 0 Å². The zero-order chi connectivity index (χ0) is 26.4. The van der Waals surface area contributed by atoms with Crippen molar-refractivity contribution in [1.29, 1.82) is 0 Å². The fraction of sp³-hybridized carbons (Fsp3) is 0.200. The van der Waals surface area contributed by atoms with E-state index in [1.54, 1.807) is 31.4 Å². The molecule has 0 bridgehead atoms. The number of allylic oxidation sites excluding steroid dienone is 1. The molecule has 0 saturated heterocycles. The van der Waals surface area contributed by atoms with Crippen molar-refractivity contribution in [2.24, 2.45) is 0 Å². The molecule has 2 heterocycles. The van der Waals surface area contributed by atoms with Crippen molar-refractivity contribution < 1.29 is 14.3 Å². The van der Waals surface area contributed by atoms with Gasteiger partial charge in [-0.25, -0.2) is 4.98 Å². The Morgan fingerprint density at radius 3 is 2.68 bits per heavy atom. The quantitative estimate of drug-likeness (QED) is 0.156. The molecule has 2 aromatic heterocycles. The third kappa shape index (κ3) is 6.84. The Labute approximate surface area is 232 Å². The van der Waals surface area contributed by atoms with E-state index < -0.39 is 0 Å². The summed E-state index contributed by atoms with van der Waals surface area (Å²) < 4.78 is 13.1. The smallest absolute Gasteiger partial charge is 0.236 e. The molecule has 0 fully saturated rings. The van der Waals surface area contributed by atoms with E-state index in [-0.39, 0.29) is 17.8 Å². The normalized spacial score (nSPS) is 11.7. The van der Waals surface area contributed by atoms with Crippen LogP contribution in [0.15, 0.2) is 65.7 Å². The highest BCUT2D eigenvalue weighted by atomic mass is 35.5. The molecule has 12 heteroatoms. The van der Waals surface area contributed by atoms with E-state index in [2.05, 4.69) is 27.1 Å². The Morgan fingerprint density at radius 1 is 1.22 bits per heavy atom. The second-order valence-electron chi connectivity index (χ2n) is 7.67. The van der Waals surface area contributed by atoms with E-state index in [1.807, 2.05) is 41.1 Å². The number of carbonyl (C=O) groups is 1. The summed E-state index contributed by atoms with van der Waals surface area (Å²) in [4.78, 5) is 17.1. The van der Waals surface area contributed by atoms with Gasteiger partial charge in [0.15, 0.2) is 22.2 Å². The van der Waals surface area contributed by atoms with Crippen molar-refractivity contribution in [1.82, 2.24) is 19.7 Å². The summed E-state index contributed by atoms with van der Waals surface area (Å²) in [6.07, 6.45) is 1.37. The zero-order valence-corrected chi connectivity index (χ0v) is 23.1. The minimum absolute atomic E-state index is 0.125. The third-order valence-corrected chi connectivity index (χ3v) is 7.36. The van der Waals surface area contributed by atoms with Gasteiger partial charge < -0.3 is 14.8 Å². The molecule has 0 saturated carbocycles. The van der Waals surface area contributed by atoms with Gasteiger partial charge in [0.05, 0.1) is 23.6 Å². The van der Waals surface area contributed by atoms with Crippen molar-refractivity contribution in [2.45, 2.75) is 24.7 Å². The van der Waals surface area contributed by atoms with E-state index in [0.717, 1.165) is 11.3 Å². The van der Waals surface area contributed by atoms with Crippen LogP contribution < -0.4 is 14.8 Å². The largest absolute Gasteiger partial charge is 0.497 e. The van der Waals surface area contributed by atoms with Gasteiger partial charge in [0.2, 0.25) is 5.91 Å². The van der Waals surface area contributed by atoms with E-state index in [0.29, 0.717) is 44.1 Å². The number of rotatable bonds is 11. The van der Waals surface area contributed by atoms with Crippen LogP contribution in [0.1, 0.15) is 18.9 Å². The molecule has 1 atom stereocenters. The van der Waals surface area contributed by atoms with E-state index >= 15 is 0 Å². The summed E-state index contributed by atoms with van der Waals surface area (Å²) in [6.45, 7) is 6.19. The molecule has 0 aliphatic carbocycles. The number of nitrogens with zero attached hydrogens (tertiary/aromatic N) is 4. The van der Waals surface area contributed by atoms with Crippen LogP contribution in [0.2, 0.25) is 10.0 Å². The SMILES string of the molecule is C=CCn1c(SCC(=O)Nc2nc(-c3ccc(Cl)cc3Cl)cs2)nnc1C(C)Oc1ccc(OC)cc1. The van der Waals surface area contributed by atoms with Gasteiger partial charge in [-0.15, -0.1) is 28.1 Å². The van der Waals surface area contributed by atoms with E-state index in [4.69, 9.17) is 32.7 Å². The lowest BCUT2D eigenvalue weighted by atomic mass is 10.2. The summed E-state index contributed by atoms with van der Waals surface area (Å²) in [5.41, 5.74) is 1.41. The molecule has 1 amide bonds. The van der Waals surface area contributed by atoms with Crippen LogP contribution in [-0.2, 0) is 11.3 Å². The van der Waals surface area contributed by atoms with Gasteiger partial charge in [0, 0.05) is 22.5 Å². The van der Waals surface area contributed by atoms with Crippen molar-refractivity contribution >= 4 is 57.3 Å². The fourth-order valence-corrected chi connectivity index (χ4v) is 5.34. The molecule has 8 nitrogen and oxygen atoms in total. The first kappa shape index (κ1) is 27.0. The van der Waals surface area contributed by atoms with Gasteiger partial charge in [0.25, 0.3) is 0 Å². The summed E-state index contributed by atoms with van der Waals surface area (Å²) >= 11 is 14.8. The molecule has 4 aromatic rings. The van der Waals surface area contributed by atoms with Gasteiger partial charge in [0.1, 0.15) is 11.5 Å². The number of methoxy groups -OCH3 is 1. The number of anilines is 1. The van der Waals surface area contributed by atoms with Gasteiger partial charge in [-0.05, 0) is 49.4 Å². The van der Waals surface area contributed by atoms with Crippen LogP contribution in [0.3, 0.4) is 0 Å². The lowest BCUT2D eigenvalue weighted by molar-refractivity contribution is -0.113. The molecule has 37 heavy (non-hydrogen) atoms. The average molecular weight is 577 g/mol. The van der Waals surface area contributed by atoms with Gasteiger partial charge in [-0.3, -0.25) is 9.36 Å². The highest BCUT2D eigenvalue weighted by molar-refractivity contribution is 7.99. The number of hydrogen-bond acceptors (Lipinski definition) is 8. The number of benzene rings is 2. The number of ether oxygens (including phenoxy) is 2. The van der Waals surface area contributed by atoms with E-state index in [1.165, 1.54) is 23.1 Å². The lowest BCUT2D eigenvalue weighted by Crippen LogP contribution is -2.15. The maximum atomic E-state index is 12.6. The minimum atomic E-state index is -0.377. The number of aromatic nitrogens is 4. The Hall–Kier alpha value is -3.05. The summed E-state index contributed by atoms with van der Waals surface area (Å²) in [7, 11) is 1.61. The predicted molar refractivity (Wildman–Crippen MR) is 149 cm³/mol. The molecule has 0 radical (unpaired) electrons. The van der Waals surface area contributed by atoms with E-state index in [9.17, 15) is 4.79 Å². The number of halogens is 2. The van der Waals surface area contributed by atoms with Crippen LogP contribution in [0.5, 0.6) is 11.5 Å². The first-order valence-electron chi connectivity index (χ1n) is 11.1. The van der Waals surface area contributed by atoms with Gasteiger partial charge in [-0.1, -0.05) is 41.0 Å².